The number of nitrogens with one attached hydrogen (secondary N) is 1. The number of fused-ring (bicyclic) bond motifs is 1. The summed E-state index contributed by atoms with van der Waals surface area (Å²) in [6.45, 7) is 2.91. The number of nitrogens with zero attached hydrogens (tertiary/aromatic N) is 3. The highest BCUT2D eigenvalue weighted by Gasteiger charge is 2.19. The molecule has 1 N–H and O–H groups in total. The lowest BCUT2D eigenvalue weighted by Gasteiger charge is -2.12. The van der Waals surface area contributed by atoms with Crippen molar-refractivity contribution in [3.63, 3.8) is 0 Å². The summed E-state index contributed by atoms with van der Waals surface area (Å²) in [4.78, 5) is 30.7. The molecule has 0 saturated heterocycles. The number of carbonyl (C=O) groups excluding carboxylic acids is 1. The molecular weight excluding hydrogens is 456 g/mol. The van der Waals surface area contributed by atoms with Crippen molar-refractivity contribution in [3.05, 3.63) is 81.7 Å². The number of benzene rings is 2. The van der Waals surface area contributed by atoms with Gasteiger partial charge in [0.05, 0.1) is 5.75 Å². The lowest BCUT2D eigenvalue weighted by Crippen LogP contribution is -2.27. The Bertz CT molecular complexity index is 1350. The molecule has 0 aliphatic rings. The number of aromatic nitrogens is 3. The average molecular weight is 481 g/mol. The predicted molar refractivity (Wildman–Crippen MR) is 135 cm³/mol. The van der Waals surface area contributed by atoms with E-state index in [1.54, 1.807) is 10.6 Å². The number of rotatable bonds is 8. The highest BCUT2D eigenvalue weighted by Crippen LogP contribution is 2.29. The molecule has 0 saturated carbocycles. The van der Waals surface area contributed by atoms with Gasteiger partial charge in [-0.2, -0.15) is 0 Å². The lowest BCUT2D eigenvalue weighted by molar-refractivity contribution is -0.118. The van der Waals surface area contributed by atoms with E-state index in [-0.39, 0.29) is 17.2 Å². The fourth-order valence-corrected chi connectivity index (χ4v) is 4.78. The molecule has 0 aliphatic heterocycles. The zero-order chi connectivity index (χ0) is 23.4. The van der Waals surface area contributed by atoms with E-state index in [0.29, 0.717) is 34.3 Å². The van der Waals surface area contributed by atoms with E-state index < -0.39 is 0 Å². The van der Waals surface area contributed by atoms with Crippen molar-refractivity contribution in [3.8, 4) is 11.1 Å². The zero-order valence-electron chi connectivity index (χ0n) is 18.5. The fourth-order valence-electron chi connectivity index (χ4n) is 3.73. The number of hydrogen-bond donors (Lipinski definition) is 1. The van der Waals surface area contributed by atoms with Crippen LogP contribution in [-0.4, -0.2) is 25.8 Å². The van der Waals surface area contributed by atoms with Gasteiger partial charge in [0.15, 0.2) is 5.16 Å². The highest BCUT2D eigenvalue weighted by atomic mass is 35.5. The van der Waals surface area contributed by atoms with Gasteiger partial charge < -0.3 is 9.88 Å². The second-order valence-corrected chi connectivity index (χ2v) is 9.07. The van der Waals surface area contributed by atoms with Gasteiger partial charge >= 0.3 is 0 Å². The molecule has 0 aliphatic carbocycles. The lowest BCUT2D eigenvalue weighted by atomic mass is 10.1. The van der Waals surface area contributed by atoms with E-state index in [9.17, 15) is 9.59 Å². The van der Waals surface area contributed by atoms with Gasteiger partial charge in [-0.05, 0) is 23.6 Å². The standard InChI is InChI=1S/C25H25ClN4O2S/c1-3-13-30-24(32)23-22(19(15-29(23)2)17-9-5-4-6-10-17)28-25(30)33-16-21(31)27-14-18-11-7-8-12-20(18)26/h4-12,15H,3,13-14,16H2,1-2H3,(H,27,31). The first-order valence-electron chi connectivity index (χ1n) is 10.8. The van der Waals surface area contributed by atoms with Crippen molar-refractivity contribution in [2.45, 2.75) is 31.6 Å². The Morgan fingerprint density at radius 2 is 1.85 bits per heavy atom. The third kappa shape index (κ3) is 4.99. The molecule has 0 unspecified atom stereocenters. The molecule has 170 valence electrons. The van der Waals surface area contributed by atoms with E-state index in [4.69, 9.17) is 16.6 Å². The third-order valence-corrected chi connectivity index (χ3v) is 6.68. The summed E-state index contributed by atoms with van der Waals surface area (Å²) in [5.41, 5.74) is 3.88. The monoisotopic (exact) mass is 480 g/mol. The molecule has 8 heteroatoms. The van der Waals surface area contributed by atoms with E-state index in [0.717, 1.165) is 23.1 Å². The van der Waals surface area contributed by atoms with Crippen molar-refractivity contribution in [2.75, 3.05) is 5.75 Å². The van der Waals surface area contributed by atoms with Crippen molar-refractivity contribution in [2.24, 2.45) is 7.05 Å². The van der Waals surface area contributed by atoms with Crippen LogP contribution in [-0.2, 0) is 24.9 Å². The summed E-state index contributed by atoms with van der Waals surface area (Å²) in [5, 5.41) is 4.06. The van der Waals surface area contributed by atoms with E-state index in [2.05, 4.69) is 5.32 Å². The summed E-state index contributed by atoms with van der Waals surface area (Å²) < 4.78 is 3.51. The molecule has 2 aromatic carbocycles. The Balaban J connectivity index is 1.62. The second kappa shape index (κ2) is 10.3. The Hall–Kier alpha value is -3.03. The number of amides is 1. The summed E-state index contributed by atoms with van der Waals surface area (Å²) in [7, 11) is 1.86. The van der Waals surface area contributed by atoms with Gasteiger partial charge in [0, 0.05) is 36.9 Å². The minimum atomic E-state index is -0.145. The van der Waals surface area contributed by atoms with Crippen LogP contribution in [0.15, 0.2) is 70.7 Å². The van der Waals surface area contributed by atoms with Crippen LogP contribution in [0.25, 0.3) is 22.2 Å². The number of halogens is 1. The van der Waals surface area contributed by atoms with Gasteiger partial charge in [0.2, 0.25) is 5.91 Å². The summed E-state index contributed by atoms with van der Waals surface area (Å²) in [6, 6.07) is 17.3. The van der Waals surface area contributed by atoms with E-state index >= 15 is 0 Å². The molecule has 4 aromatic rings. The molecular formula is C25H25ClN4O2S. The number of hydrogen-bond acceptors (Lipinski definition) is 4. The van der Waals surface area contributed by atoms with E-state index in [1.165, 1.54) is 11.8 Å². The van der Waals surface area contributed by atoms with Crippen LogP contribution in [0.1, 0.15) is 18.9 Å². The minimum Gasteiger partial charge on any atom is -0.351 e. The molecule has 0 spiro atoms. The fraction of sp³-hybridized carbons (Fsp3) is 0.240. The molecule has 0 fully saturated rings. The molecule has 0 radical (unpaired) electrons. The molecule has 1 amide bonds. The van der Waals surface area contributed by atoms with Gasteiger partial charge in [0.1, 0.15) is 11.0 Å². The second-order valence-electron chi connectivity index (χ2n) is 7.72. The van der Waals surface area contributed by atoms with Gasteiger partial charge in [-0.25, -0.2) is 4.98 Å². The van der Waals surface area contributed by atoms with Crippen LogP contribution in [0, 0.1) is 0 Å². The summed E-state index contributed by atoms with van der Waals surface area (Å²) in [6.07, 6.45) is 2.73. The smallest absolute Gasteiger partial charge is 0.278 e. The van der Waals surface area contributed by atoms with Crippen molar-refractivity contribution in [1.82, 2.24) is 19.4 Å². The number of carbonyl (C=O) groups is 1. The van der Waals surface area contributed by atoms with Crippen LogP contribution in [0.5, 0.6) is 0 Å². The minimum absolute atomic E-state index is 0.0921. The Morgan fingerprint density at radius 3 is 2.58 bits per heavy atom. The first-order chi connectivity index (χ1) is 16.0. The SMILES string of the molecule is CCCn1c(SCC(=O)NCc2ccccc2Cl)nc2c(-c3ccccc3)cn(C)c2c1=O. The molecule has 2 aromatic heterocycles. The maximum absolute atomic E-state index is 13.4. The summed E-state index contributed by atoms with van der Waals surface area (Å²) >= 11 is 7.44. The number of aryl methyl sites for hydroxylation is 1. The van der Waals surface area contributed by atoms with Gasteiger partial charge in [-0.3, -0.25) is 14.2 Å². The molecule has 4 rings (SSSR count). The zero-order valence-corrected chi connectivity index (χ0v) is 20.1. The number of thioether (sulfide) groups is 1. The maximum Gasteiger partial charge on any atom is 0.278 e. The molecule has 6 nitrogen and oxygen atoms in total. The Morgan fingerprint density at radius 1 is 1.12 bits per heavy atom. The van der Waals surface area contributed by atoms with E-state index in [1.807, 2.05) is 73.3 Å². The molecule has 33 heavy (non-hydrogen) atoms. The van der Waals surface area contributed by atoms with Crippen LogP contribution in [0.3, 0.4) is 0 Å². The topological polar surface area (TPSA) is 68.9 Å². The van der Waals surface area contributed by atoms with Gasteiger partial charge in [-0.15, -0.1) is 0 Å². The Kier molecular flexibility index (Phi) is 7.20. The van der Waals surface area contributed by atoms with Crippen molar-refractivity contribution >= 4 is 40.3 Å². The maximum atomic E-state index is 13.4. The molecule has 0 bridgehead atoms. The first kappa shape index (κ1) is 23.1. The largest absolute Gasteiger partial charge is 0.351 e. The average Bonchev–Trinajstić information content (AvgIpc) is 3.16. The normalized spacial score (nSPS) is 11.1. The first-order valence-corrected chi connectivity index (χ1v) is 12.1. The summed E-state index contributed by atoms with van der Waals surface area (Å²) in [5.74, 6) is 0.00764. The highest BCUT2D eigenvalue weighted by molar-refractivity contribution is 7.99. The van der Waals surface area contributed by atoms with Crippen LogP contribution < -0.4 is 10.9 Å². The third-order valence-electron chi connectivity index (χ3n) is 5.34. The quantitative estimate of drug-likeness (QED) is 0.288. The van der Waals surface area contributed by atoms with Crippen molar-refractivity contribution in [1.29, 1.82) is 0 Å². The van der Waals surface area contributed by atoms with Gasteiger partial charge in [-0.1, -0.05) is 78.8 Å². The van der Waals surface area contributed by atoms with Gasteiger partial charge in [0.25, 0.3) is 5.56 Å². The molecule has 0 atom stereocenters. The Labute approximate surface area is 201 Å². The van der Waals surface area contributed by atoms with Crippen LogP contribution >= 0.6 is 23.4 Å². The molecule has 2 heterocycles. The van der Waals surface area contributed by atoms with Crippen LogP contribution in [0.4, 0.5) is 0 Å². The predicted octanol–water partition coefficient (Wildman–Crippen LogP) is 4.87. The van der Waals surface area contributed by atoms with Crippen LogP contribution in [0.2, 0.25) is 5.02 Å². The van der Waals surface area contributed by atoms with Crippen molar-refractivity contribution < 1.29 is 4.79 Å².